The number of alkyl carbamates (subject to hydrolysis) is 1. The van der Waals surface area contributed by atoms with Crippen LogP contribution in [0.5, 0.6) is 0 Å². The first-order valence-corrected chi connectivity index (χ1v) is 10.7. The highest BCUT2D eigenvalue weighted by Gasteiger charge is 2.35. The van der Waals surface area contributed by atoms with Crippen molar-refractivity contribution in [2.24, 2.45) is 0 Å². The van der Waals surface area contributed by atoms with Crippen molar-refractivity contribution >= 4 is 52.4 Å². The van der Waals surface area contributed by atoms with Crippen LogP contribution in [0.15, 0.2) is 42.5 Å². The summed E-state index contributed by atoms with van der Waals surface area (Å²) < 4.78 is 10.2. The second kappa shape index (κ2) is 10.9. The zero-order valence-corrected chi connectivity index (χ0v) is 18.6. The second-order valence-corrected chi connectivity index (χ2v) is 8.27. The number of hydrazine groups is 1. The van der Waals surface area contributed by atoms with Crippen LogP contribution in [0.4, 0.5) is 10.5 Å². The Kier molecular flexibility index (Phi) is 8.03. The highest BCUT2D eigenvalue weighted by Crippen LogP contribution is 2.22. The van der Waals surface area contributed by atoms with Crippen LogP contribution < -0.4 is 15.6 Å². The molecule has 1 unspecified atom stereocenters. The van der Waals surface area contributed by atoms with Gasteiger partial charge in [0.15, 0.2) is 0 Å². The number of thiophene rings is 1. The molecule has 1 aliphatic rings. The lowest BCUT2D eigenvalue weighted by molar-refractivity contribution is -0.147. The number of benzene rings is 1. The van der Waals surface area contributed by atoms with E-state index >= 15 is 0 Å². The van der Waals surface area contributed by atoms with Gasteiger partial charge >= 0.3 is 6.09 Å². The van der Waals surface area contributed by atoms with Crippen LogP contribution in [0, 0.1) is 0 Å². The summed E-state index contributed by atoms with van der Waals surface area (Å²) >= 11 is 6.95. The molecule has 32 heavy (non-hydrogen) atoms. The molecule has 3 rings (SSSR count). The van der Waals surface area contributed by atoms with Crippen molar-refractivity contribution in [3.05, 3.63) is 51.7 Å². The maximum absolute atomic E-state index is 13.5. The molecule has 1 aromatic heterocycles. The van der Waals surface area contributed by atoms with Gasteiger partial charge in [0.25, 0.3) is 17.7 Å². The van der Waals surface area contributed by atoms with Gasteiger partial charge < -0.3 is 20.1 Å². The SMILES string of the molecule is COC(=O)NC(CNC(=O)c1ccc(Cl)s1)C(=O)N(c1ccccc1)N1CCOCC1=O. The van der Waals surface area contributed by atoms with Gasteiger partial charge in [-0.25, -0.2) is 14.8 Å². The maximum Gasteiger partial charge on any atom is 0.407 e. The normalized spacial score (nSPS) is 14.4. The van der Waals surface area contributed by atoms with Gasteiger partial charge in [0.1, 0.15) is 12.6 Å². The van der Waals surface area contributed by atoms with Crippen molar-refractivity contribution in [2.45, 2.75) is 6.04 Å². The molecule has 1 fully saturated rings. The van der Waals surface area contributed by atoms with Crippen LogP contribution in [-0.2, 0) is 19.1 Å². The molecular formula is C20H21ClN4O6S. The summed E-state index contributed by atoms with van der Waals surface area (Å²) in [6.07, 6.45) is -0.863. The van der Waals surface area contributed by atoms with E-state index in [0.717, 1.165) is 18.4 Å². The number of methoxy groups -OCH3 is 1. The van der Waals surface area contributed by atoms with E-state index in [2.05, 4.69) is 15.4 Å². The van der Waals surface area contributed by atoms with E-state index in [4.69, 9.17) is 16.3 Å². The number of halogens is 1. The van der Waals surface area contributed by atoms with Gasteiger partial charge in [0, 0.05) is 6.54 Å². The number of hydrogen-bond acceptors (Lipinski definition) is 7. The zero-order chi connectivity index (χ0) is 23.1. The number of carbonyl (C=O) groups is 4. The maximum atomic E-state index is 13.5. The Morgan fingerprint density at radius 3 is 2.62 bits per heavy atom. The van der Waals surface area contributed by atoms with Gasteiger partial charge in [-0.1, -0.05) is 29.8 Å². The van der Waals surface area contributed by atoms with Crippen molar-refractivity contribution in [3.63, 3.8) is 0 Å². The van der Waals surface area contributed by atoms with Crippen LogP contribution in [-0.4, -0.2) is 68.3 Å². The van der Waals surface area contributed by atoms with Gasteiger partial charge in [0.2, 0.25) is 0 Å². The topological polar surface area (TPSA) is 117 Å². The summed E-state index contributed by atoms with van der Waals surface area (Å²) in [5.41, 5.74) is 0.417. The summed E-state index contributed by atoms with van der Waals surface area (Å²) in [6.45, 7) is -0.0382. The van der Waals surface area contributed by atoms with E-state index in [1.807, 2.05) is 0 Å². The Morgan fingerprint density at radius 2 is 2.00 bits per heavy atom. The van der Waals surface area contributed by atoms with Gasteiger partial charge in [0.05, 0.1) is 35.2 Å². The molecule has 0 radical (unpaired) electrons. The zero-order valence-electron chi connectivity index (χ0n) is 17.1. The molecule has 2 N–H and O–H groups in total. The number of hydrogen-bond donors (Lipinski definition) is 2. The lowest BCUT2D eigenvalue weighted by Crippen LogP contribution is -2.61. The smallest absolute Gasteiger partial charge is 0.407 e. The first kappa shape index (κ1) is 23.5. The molecule has 170 valence electrons. The fraction of sp³-hybridized carbons (Fsp3) is 0.300. The van der Waals surface area contributed by atoms with Crippen molar-refractivity contribution in [1.82, 2.24) is 15.6 Å². The van der Waals surface area contributed by atoms with Crippen LogP contribution >= 0.6 is 22.9 Å². The lowest BCUT2D eigenvalue weighted by Gasteiger charge is -2.38. The minimum absolute atomic E-state index is 0.143. The third kappa shape index (κ3) is 5.75. The number of para-hydroxylation sites is 1. The van der Waals surface area contributed by atoms with Crippen LogP contribution in [0.25, 0.3) is 0 Å². The Labute approximate surface area is 193 Å². The fourth-order valence-electron chi connectivity index (χ4n) is 2.94. The highest BCUT2D eigenvalue weighted by atomic mass is 35.5. The average Bonchev–Trinajstić information content (AvgIpc) is 3.24. The fourth-order valence-corrected chi connectivity index (χ4v) is 3.90. The average molecular weight is 481 g/mol. The minimum atomic E-state index is -1.22. The molecule has 12 heteroatoms. The number of carbonyl (C=O) groups excluding carboxylic acids is 4. The summed E-state index contributed by atoms with van der Waals surface area (Å²) in [6, 6.07) is 10.4. The number of nitrogens with zero attached hydrogens (tertiary/aromatic N) is 2. The highest BCUT2D eigenvalue weighted by molar-refractivity contribution is 7.18. The molecule has 0 aliphatic carbocycles. The first-order valence-electron chi connectivity index (χ1n) is 9.55. The number of nitrogens with one attached hydrogen (secondary N) is 2. The summed E-state index contributed by atoms with van der Waals surface area (Å²) in [4.78, 5) is 50.7. The van der Waals surface area contributed by atoms with E-state index in [-0.39, 0.29) is 26.3 Å². The Morgan fingerprint density at radius 1 is 1.25 bits per heavy atom. The van der Waals surface area contributed by atoms with E-state index in [9.17, 15) is 19.2 Å². The molecule has 2 heterocycles. The van der Waals surface area contributed by atoms with Crippen molar-refractivity contribution in [3.8, 4) is 0 Å². The number of morpholine rings is 1. The predicted molar refractivity (Wildman–Crippen MR) is 117 cm³/mol. The van der Waals surface area contributed by atoms with Gasteiger partial charge in [-0.05, 0) is 24.3 Å². The summed E-state index contributed by atoms with van der Waals surface area (Å²) in [5.74, 6) is -1.51. The quantitative estimate of drug-likeness (QED) is 0.622. The Balaban J connectivity index is 1.85. The van der Waals surface area contributed by atoms with Gasteiger partial charge in [-0.3, -0.25) is 14.4 Å². The van der Waals surface area contributed by atoms with Crippen molar-refractivity contribution in [2.75, 3.05) is 38.4 Å². The van der Waals surface area contributed by atoms with Gasteiger partial charge in [-0.15, -0.1) is 11.3 Å². The van der Waals surface area contributed by atoms with E-state index in [1.54, 1.807) is 42.5 Å². The van der Waals surface area contributed by atoms with E-state index in [0.29, 0.717) is 14.9 Å². The molecule has 1 aromatic carbocycles. The molecule has 1 saturated heterocycles. The number of anilines is 1. The second-order valence-electron chi connectivity index (χ2n) is 6.56. The molecule has 0 bridgehead atoms. The molecular weight excluding hydrogens is 460 g/mol. The van der Waals surface area contributed by atoms with Gasteiger partial charge in [-0.2, -0.15) is 0 Å². The number of rotatable bonds is 7. The number of ether oxygens (including phenoxy) is 2. The molecule has 0 spiro atoms. The minimum Gasteiger partial charge on any atom is -0.453 e. The monoisotopic (exact) mass is 480 g/mol. The van der Waals surface area contributed by atoms with Crippen molar-refractivity contribution < 1.29 is 28.7 Å². The molecule has 2 aromatic rings. The molecule has 1 aliphatic heterocycles. The molecule has 10 nitrogen and oxygen atoms in total. The largest absolute Gasteiger partial charge is 0.453 e. The molecule has 0 saturated carbocycles. The standard InChI is InChI=1S/C20H21ClN4O6S/c1-30-20(29)23-14(11-22-18(27)15-7-8-16(21)32-15)19(28)25(13-5-3-2-4-6-13)24-9-10-31-12-17(24)26/h2-8,14H,9-12H2,1H3,(H,22,27)(H,23,29). The summed E-state index contributed by atoms with van der Waals surface area (Å²) in [7, 11) is 1.16. The van der Waals surface area contributed by atoms with E-state index < -0.39 is 29.9 Å². The van der Waals surface area contributed by atoms with Crippen molar-refractivity contribution in [1.29, 1.82) is 0 Å². The third-order valence-electron chi connectivity index (χ3n) is 4.45. The van der Waals surface area contributed by atoms with Crippen LogP contribution in [0.3, 0.4) is 0 Å². The lowest BCUT2D eigenvalue weighted by atomic mass is 10.2. The Hall–Kier alpha value is -3.15. The van der Waals surface area contributed by atoms with Crippen LogP contribution in [0.2, 0.25) is 4.34 Å². The third-order valence-corrected chi connectivity index (χ3v) is 5.68. The van der Waals surface area contributed by atoms with E-state index in [1.165, 1.54) is 10.0 Å². The summed E-state index contributed by atoms with van der Waals surface area (Å²) in [5, 5.41) is 7.47. The Bertz CT molecular complexity index is 985. The molecule has 4 amide bonds. The first-order chi connectivity index (χ1) is 15.4. The number of amides is 4. The predicted octanol–water partition coefficient (Wildman–Crippen LogP) is 1.66. The molecule has 1 atom stereocenters. The van der Waals surface area contributed by atoms with Crippen LogP contribution in [0.1, 0.15) is 9.67 Å².